The van der Waals surface area contributed by atoms with Crippen LogP contribution in [0.5, 0.6) is 0 Å². The molecule has 0 atom stereocenters. The van der Waals surface area contributed by atoms with Crippen LogP contribution in [0.1, 0.15) is 10.6 Å². The van der Waals surface area contributed by atoms with Crippen molar-refractivity contribution in [1.29, 1.82) is 0 Å². The summed E-state index contributed by atoms with van der Waals surface area (Å²) in [6.07, 6.45) is 0. The predicted molar refractivity (Wildman–Crippen MR) is 88.5 cm³/mol. The van der Waals surface area contributed by atoms with Crippen LogP contribution < -0.4 is 5.32 Å². The summed E-state index contributed by atoms with van der Waals surface area (Å²) in [5.74, 6) is 0. The summed E-state index contributed by atoms with van der Waals surface area (Å²) >= 11 is 1.74. The molecule has 3 aromatic rings. The number of hydrogen-bond acceptors (Lipinski definition) is 4. The number of aromatic nitrogens is 1. The summed E-state index contributed by atoms with van der Waals surface area (Å²) in [6.45, 7) is 1.37. The number of rotatable bonds is 5. The molecule has 4 heteroatoms. The molecule has 1 heterocycles. The molecule has 0 saturated heterocycles. The van der Waals surface area contributed by atoms with E-state index >= 15 is 0 Å². The summed E-state index contributed by atoms with van der Waals surface area (Å²) in [5, 5.41) is 6.75. The molecular weight excluding hydrogens is 280 g/mol. The number of thiazole rings is 1. The Morgan fingerprint density at radius 1 is 1.14 bits per heavy atom. The van der Waals surface area contributed by atoms with Crippen molar-refractivity contribution in [2.45, 2.75) is 13.2 Å². The number of nitrogens with one attached hydrogen (secondary N) is 1. The minimum absolute atomic E-state index is 0.554. The first kappa shape index (κ1) is 14.2. The molecule has 3 rings (SSSR count). The third-order valence-corrected chi connectivity index (χ3v) is 4.55. The number of methoxy groups -OCH3 is 1. The average Bonchev–Trinajstić information content (AvgIpc) is 2.90. The molecule has 0 saturated carbocycles. The van der Waals surface area contributed by atoms with Gasteiger partial charge in [-0.3, -0.25) is 0 Å². The van der Waals surface area contributed by atoms with Crippen LogP contribution in [0.3, 0.4) is 0 Å². The second-order valence-electron chi connectivity index (χ2n) is 4.88. The number of nitrogens with zero attached hydrogens (tertiary/aromatic N) is 1. The van der Waals surface area contributed by atoms with Gasteiger partial charge in [0.1, 0.15) is 5.01 Å². The van der Waals surface area contributed by atoms with E-state index in [4.69, 9.17) is 9.72 Å². The lowest BCUT2D eigenvalue weighted by molar-refractivity contribution is 0.181. The van der Waals surface area contributed by atoms with Crippen molar-refractivity contribution in [3.63, 3.8) is 0 Å². The summed E-state index contributed by atoms with van der Waals surface area (Å²) < 4.78 is 5.27. The molecule has 0 aliphatic rings. The number of hydrogen-bond donors (Lipinski definition) is 1. The van der Waals surface area contributed by atoms with Gasteiger partial charge in [-0.2, -0.15) is 0 Å². The van der Waals surface area contributed by atoms with Gasteiger partial charge in [0.15, 0.2) is 0 Å². The number of ether oxygens (including phenoxy) is 1. The van der Waals surface area contributed by atoms with Crippen molar-refractivity contribution in [3.05, 3.63) is 53.0 Å². The van der Waals surface area contributed by atoms with Crippen LogP contribution in [-0.2, 0) is 17.9 Å². The highest BCUT2D eigenvalue weighted by Gasteiger charge is 2.13. The first-order valence-electron chi connectivity index (χ1n) is 6.93. The fourth-order valence-corrected chi connectivity index (χ4v) is 3.57. The van der Waals surface area contributed by atoms with Gasteiger partial charge in [0.2, 0.25) is 0 Å². The highest BCUT2D eigenvalue weighted by atomic mass is 32.1. The van der Waals surface area contributed by atoms with Crippen molar-refractivity contribution < 1.29 is 4.74 Å². The van der Waals surface area contributed by atoms with Crippen LogP contribution in [0.4, 0.5) is 0 Å². The van der Waals surface area contributed by atoms with Gasteiger partial charge in [-0.05, 0) is 17.8 Å². The van der Waals surface area contributed by atoms with Gasteiger partial charge in [0.05, 0.1) is 12.3 Å². The van der Waals surface area contributed by atoms with Crippen LogP contribution in [0.15, 0.2) is 42.5 Å². The van der Waals surface area contributed by atoms with E-state index in [0.29, 0.717) is 6.61 Å². The van der Waals surface area contributed by atoms with Crippen LogP contribution >= 0.6 is 11.3 Å². The zero-order valence-corrected chi connectivity index (χ0v) is 13.0. The zero-order valence-electron chi connectivity index (χ0n) is 12.2. The lowest BCUT2D eigenvalue weighted by Gasteiger charge is -2.03. The molecule has 1 N–H and O–H groups in total. The molecular formula is C17H18N2OS. The maximum atomic E-state index is 5.27. The molecule has 1 aromatic heterocycles. The molecule has 3 nitrogen and oxygen atoms in total. The third-order valence-electron chi connectivity index (χ3n) is 3.42. The minimum atomic E-state index is 0.554. The molecule has 0 spiro atoms. The van der Waals surface area contributed by atoms with Gasteiger partial charge >= 0.3 is 0 Å². The standard InChI is InChI=1S/C17H18N2OS/c1-18-10-16-15(11-20-2)19-17(21-16)14-9-5-7-12-6-3-4-8-13(12)14/h3-9,18H,10-11H2,1-2H3. The maximum absolute atomic E-state index is 5.27. The zero-order chi connectivity index (χ0) is 14.7. The van der Waals surface area contributed by atoms with E-state index in [2.05, 4.69) is 47.8 Å². The monoisotopic (exact) mass is 298 g/mol. The van der Waals surface area contributed by atoms with Crippen LogP contribution in [0.25, 0.3) is 21.3 Å². The van der Waals surface area contributed by atoms with Gasteiger partial charge in [0, 0.05) is 24.1 Å². The van der Waals surface area contributed by atoms with E-state index in [-0.39, 0.29) is 0 Å². The first-order chi connectivity index (χ1) is 10.3. The Morgan fingerprint density at radius 2 is 1.95 bits per heavy atom. The molecule has 0 radical (unpaired) electrons. The Kier molecular flexibility index (Phi) is 4.29. The van der Waals surface area contributed by atoms with Gasteiger partial charge in [0.25, 0.3) is 0 Å². The average molecular weight is 298 g/mol. The molecule has 0 fully saturated rings. The lowest BCUT2D eigenvalue weighted by atomic mass is 10.1. The highest BCUT2D eigenvalue weighted by Crippen LogP contribution is 2.33. The Morgan fingerprint density at radius 3 is 2.76 bits per heavy atom. The van der Waals surface area contributed by atoms with Crippen LogP contribution in [0, 0.1) is 0 Å². The van der Waals surface area contributed by atoms with E-state index in [1.807, 2.05) is 7.05 Å². The predicted octanol–water partition coefficient (Wildman–Crippen LogP) is 3.83. The Labute approximate surface area is 128 Å². The topological polar surface area (TPSA) is 34.2 Å². The Balaban J connectivity index is 2.12. The highest BCUT2D eigenvalue weighted by molar-refractivity contribution is 7.15. The van der Waals surface area contributed by atoms with Crippen molar-refractivity contribution in [3.8, 4) is 10.6 Å². The molecule has 0 unspecified atom stereocenters. The van der Waals surface area contributed by atoms with Gasteiger partial charge in [-0.15, -0.1) is 11.3 Å². The van der Waals surface area contributed by atoms with Crippen molar-refractivity contribution in [2.24, 2.45) is 0 Å². The SMILES string of the molecule is CNCc1sc(-c2cccc3ccccc23)nc1COC. The lowest BCUT2D eigenvalue weighted by Crippen LogP contribution is -2.06. The molecule has 108 valence electrons. The quantitative estimate of drug-likeness (QED) is 0.777. The Hall–Kier alpha value is -1.75. The summed E-state index contributed by atoms with van der Waals surface area (Å²) in [6, 6.07) is 14.8. The summed E-state index contributed by atoms with van der Waals surface area (Å²) in [5.41, 5.74) is 2.22. The van der Waals surface area contributed by atoms with Gasteiger partial charge in [-0.25, -0.2) is 4.98 Å². The van der Waals surface area contributed by atoms with Crippen LogP contribution in [-0.4, -0.2) is 19.1 Å². The molecule has 0 bridgehead atoms. The minimum Gasteiger partial charge on any atom is -0.378 e. The maximum Gasteiger partial charge on any atom is 0.124 e. The molecule has 0 aliphatic carbocycles. The number of benzene rings is 2. The van der Waals surface area contributed by atoms with E-state index in [1.54, 1.807) is 18.4 Å². The van der Waals surface area contributed by atoms with Crippen molar-refractivity contribution in [2.75, 3.05) is 14.2 Å². The fraction of sp³-hybridized carbons (Fsp3) is 0.235. The molecule has 0 amide bonds. The van der Waals surface area contributed by atoms with Crippen molar-refractivity contribution in [1.82, 2.24) is 10.3 Å². The van der Waals surface area contributed by atoms with E-state index in [0.717, 1.165) is 17.2 Å². The van der Waals surface area contributed by atoms with E-state index < -0.39 is 0 Å². The molecule has 0 aliphatic heterocycles. The summed E-state index contributed by atoms with van der Waals surface area (Å²) in [4.78, 5) is 6.03. The second-order valence-corrected chi connectivity index (χ2v) is 5.96. The van der Waals surface area contributed by atoms with Crippen molar-refractivity contribution >= 4 is 22.1 Å². The Bertz CT molecular complexity index is 723. The second kappa shape index (κ2) is 6.35. The van der Waals surface area contributed by atoms with E-state index in [1.165, 1.54) is 21.2 Å². The molecule has 21 heavy (non-hydrogen) atoms. The van der Waals surface area contributed by atoms with E-state index in [9.17, 15) is 0 Å². The first-order valence-corrected chi connectivity index (χ1v) is 7.75. The summed E-state index contributed by atoms with van der Waals surface area (Å²) in [7, 11) is 3.66. The van der Waals surface area contributed by atoms with Crippen LogP contribution in [0.2, 0.25) is 0 Å². The normalized spacial score (nSPS) is 11.1. The smallest absolute Gasteiger partial charge is 0.124 e. The number of fused-ring (bicyclic) bond motifs is 1. The molecule has 2 aromatic carbocycles. The van der Waals surface area contributed by atoms with Gasteiger partial charge < -0.3 is 10.1 Å². The largest absolute Gasteiger partial charge is 0.378 e. The fourth-order valence-electron chi connectivity index (χ4n) is 2.46. The third kappa shape index (κ3) is 2.83. The van der Waals surface area contributed by atoms with Gasteiger partial charge in [-0.1, -0.05) is 42.5 Å².